The Labute approximate surface area is 140 Å². The topological polar surface area (TPSA) is 43.8 Å². The van der Waals surface area contributed by atoms with Crippen LogP contribution in [0.3, 0.4) is 0 Å². The number of halogens is 2. The summed E-state index contributed by atoms with van der Waals surface area (Å²) in [5.41, 5.74) is 0.655. The number of carbonyl (C=O) groups excluding carboxylic acids is 1. The van der Waals surface area contributed by atoms with Crippen LogP contribution in [0.5, 0.6) is 0 Å². The molecule has 1 aromatic rings. The Balaban J connectivity index is 1.66. The molecule has 4 nitrogen and oxygen atoms in total. The van der Waals surface area contributed by atoms with E-state index in [2.05, 4.69) is 4.90 Å². The zero-order valence-electron chi connectivity index (χ0n) is 13.2. The highest BCUT2D eigenvalue weighted by molar-refractivity contribution is 6.31. The van der Waals surface area contributed by atoms with Crippen molar-refractivity contribution in [1.29, 1.82) is 0 Å². The second-order valence-electron chi connectivity index (χ2n) is 6.51. The molecule has 1 amide bonds. The van der Waals surface area contributed by atoms with Crippen molar-refractivity contribution in [2.45, 2.75) is 38.3 Å². The van der Waals surface area contributed by atoms with E-state index < -0.39 is 5.82 Å². The van der Waals surface area contributed by atoms with Crippen LogP contribution in [0.2, 0.25) is 5.02 Å². The summed E-state index contributed by atoms with van der Waals surface area (Å²) >= 11 is 5.82. The number of hydrogen-bond donors (Lipinski definition) is 1. The smallest absolute Gasteiger partial charge is 0.244 e. The van der Waals surface area contributed by atoms with E-state index in [1.165, 1.54) is 12.1 Å². The molecule has 2 unspecified atom stereocenters. The van der Waals surface area contributed by atoms with Crippen LogP contribution in [0, 0.1) is 11.7 Å². The number of amides is 1. The minimum absolute atomic E-state index is 0.0384. The summed E-state index contributed by atoms with van der Waals surface area (Å²) < 4.78 is 13.3. The Hall–Kier alpha value is -1.17. The van der Waals surface area contributed by atoms with Gasteiger partial charge < -0.3 is 10.0 Å². The number of nitrogens with zero attached hydrogens (tertiary/aromatic N) is 2. The van der Waals surface area contributed by atoms with E-state index in [4.69, 9.17) is 11.6 Å². The zero-order valence-corrected chi connectivity index (χ0v) is 14.0. The van der Waals surface area contributed by atoms with Gasteiger partial charge in [0, 0.05) is 12.2 Å². The average molecular weight is 341 g/mol. The summed E-state index contributed by atoms with van der Waals surface area (Å²) in [5.74, 6) is -0.0863. The summed E-state index contributed by atoms with van der Waals surface area (Å²) in [5, 5.41) is 9.72. The maximum absolute atomic E-state index is 13.3. The molecule has 2 atom stereocenters. The molecule has 2 saturated heterocycles. The van der Waals surface area contributed by atoms with Gasteiger partial charge in [0.05, 0.1) is 17.2 Å². The maximum atomic E-state index is 13.3. The predicted molar refractivity (Wildman–Crippen MR) is 88.1 cm³/mol. The second kappa shape index (κ2) is 6.75. The summed E-state index contributed by atoms with van der Waals surface area (Å²) in [7, 11) is 0. The highest BCUT2D eigenvalue weighted by atomic mass is 35.5. The minimum Gasteiger partial charge on any atom is -0.393 e. The second-order valence-corrected chi connectivity index (χ2v) is 6.91. The highest BCUT2D eigenvalue weighted by Gasteiger charge is 2.38. The van der Waals surface area contributed by atoms with Crippen LogP contribution in [-0.4, -0.2) is 47.7 Å². The van der Waals surface area contributed by atoms with Crippen molar-refractivity contribution >= 4 is 23.2 Å². The molecule has 23 heavy (non-hydrogen) atoms. The number of benzene rings is 1. The Morgan fingerprint density at radius 1 is 1.26 bits per heavy atom. The quantitative estimate of drug-likeness (QED) is 0.920. The minimum atomic E-state index is -0.473. The van der Waals surface area contributed by atoms with Crippen molar-refractivity contribution in [1.82, 2.24) is 4.90 Å². The Bertz CT molecular complexity index is 588. The number of anilines is 1. The molecule has 126 valence electrons. The van der Waals surface area contributed by atoms with Crippen molar-refractivity contribution in [2.24, 2.45) is 5.92 Å². The van der Waals surface area contributed by atoms with Crippen LogP contribution in [0.15, 0.2) is 18.2 Å². The van der Waals surface area contributed by atoms with E-state index in [0.717, 1.165) is 32.4 Å². The lowest BCUT2D eigenvalue weighted by Crippen LogP contribution is -2.47. The molecule has 0 spiro atoms. The number of aliphatic hydroxyl groups is 1. The van der Waals surface area contributed by atoms with Gasteiger partial charge in [-0.2, -0.15) is 0 Å². The third kappa shape index (κ3) is 3.37. The van der Waals surface area contributed by atoms with Crippen molar-refractivity contribution in [3.05, 3.63) is 29.0 Å². The van der Waals surface area contributed by atoms with E-state index in [1.807, 2.05) is 6.92 Å². The van der Waals surface area contributed by atoms with E-state index in [9.17, 15) is 14.3 Å². The molecule has 1 aromatic carbocycles. The van der Waals surface area contributed by atoms with E-state index in [1.54, 1.807) is 11.0 Å². The van der Waals surface area contributed by atoms with Gasteiger partial charge in [0.2, 0.25) is 5.91 Å². The largest absolute Gasteiger partial charge is 0.393 e. The summed E-state index contributed by atoms with van der Waals surface area (Å²) in [6.45, 7) is 4.14. The number of aliphatic hydroxyl groups excluding tert-OH is 1. The zero-order chi connectivity index (χ0) is 16.6. The van der Waals surface area contributed by atoms with Gasteiger partial charge in [-0.05, 0) is 63.4 Å². The Morgan fingerprint density at radius 3 is 2.57 bits per heavy atom. The highest BCUT2D eigenvalue weighted by Crippen LogP contribution is 2.30. The summed E-state index contributed by atoms with van der Waals surface area (Å²) in [6.07, 6.45) is 2.33. The fraction of sp³-hybridized carbons (Fsp3) is 0.588. The molecular weight excluding hydrogens is 319 g/mol. The summed E-state index contributed by atoms with van der Waals surface area (Å²) in [6, 6.07) is 4.29. The van der Waals surface area contributed by atoms with Crippen molar-refractivity contribution < 1.29 is 14.3 Å². The van der Waals surface area contributed by atoms with Gasteiger partial charge in [-0.25, -0.2) is 4.39 Å². The summed E-state index contributed by atoms with van der Waals surface area (Å²) in [4.78, 5) is 16.6. The lowest BCUT2D eigenvalue weighted by molar-refractivity contribution is -0.122. The van der Waals surface area contributed by atoms with Gasteiger partial charge in [-0.3, -0.25) is 9.69 Å². The fourth-order valence-electron chi connectivity index (χ4n) is 3.63. The maximum Gasteiger partial charge on any atom is 0.244 e. The van der Waals surface area contributed by atoms with E-state index in [-0.39, 0.29) is 23.1 Å². The molecule has 0 aliphatic carbocycles. The molecular formula is C17H22ClFN2O2. The monoisotopic (exact) mass is 340 g/mol. The van der Waals surface area contributed by atoms with E-state index >= 15 is 0 Å². The van der Waals surface area contributed by atoms with Gasteiger partial charge in [0.15, 0.2) is 0 Å². The first-order valence-corrected chi connectivity index (χ1v) is 8.53. The number of piperidine rings is 1. The van der Waals surface area contributed by atoms with Gasteiger partial charge in [0.25, 0.3) is 0 Å². The van der Waals surface area contributed by atoms with Gasteiger partial charge in [-0.15, -0.1) is 0 Å². The van der Waals surface area contributed by atoms with Crippen LogP contribution >= 0.6 is 11.6 Å². The molecule has 2 fully saturated rings. The number of likely N-dealkylation sites (tertiary alicyclic amines) is 1. The normalized spacial score (nSPS) is 25.1. The molecule has 6 heteroatoms. The fourth-order valence-corrected chi connectivity index (χ4v) is 3.80. The molecule has 3 rings (SSSR count). The molecule has 0 saturated carbocycles. The molecule has 1 N–H and O–H groups in total. The molecule has 2 heterocycles. The molecule has 0 bridgehead atoms. The molecule has 2 aliphatic rings. The first-order valence-electron chi connectivity index (χ1n) is 8.16. The Kier molecular flexibility index (Phi) is 4.90. The van der Waals surface area contributed by atoms with Crippen molar-refractivity contribution in [2.75, 3.05) is 24.5 Å². The van der Waals surface area contributed by atoms with Crippen molar-refractivity contribution in [3.8, 4) is 0 Å². The van der Waals surface area contributed by atoms with Crippen LogP contribution in [0.4, 0.5) is 10.1 Å². The molecule has 0 aromatic heterocycles. The van der Waals surface area contributed by atoms with Crippen LogP contribution in [0.25, 0.3) is 0 Å². The van der Waals surface area contributed by atoms with Crippen molar-refractivity contribution in [3.63, 3.8) is 0 Å². The number of rotatable bonds is 3. The predicted octanol–water partition coefficient (Wildman–Crippen LogP) is 2.68. The third-order valence-corrected chi connectivity index (χ3v) is 5.38. The number of hydrogen-bond acceptors (Lipinski definition) is 3. The van der Waals surface area contributed by atoms with Crippen LogP contribution in [-0.2, 0) is 4.79 Å². The molecule has 2 aliphatic heterocycles. The van der Waals surface area contributed by atoms with Gasteiger partial charge >= 0.3 is 0 Å². The van der Waals surface area contributed by atoms with Crippen LogP contribution < -0.4 is 4.90 Å². The number of carbonyl (C=O) groups is 1. The van der Waals surface area contributed by atoms with E-state index in [0.29, 0.717) is 18.2 Å². The Morgan fingerprint density at radius 2 is 1.96 bits per heavy atom. The molecule has 0 radical (unpaired) electrons. The van der Waals surface area contributed by atoms with Gasteiger partial charge in [0.1, 0.15) is 5.82 Å². The standard InChI is InChI=1S/C17H22ClFN2O2/c1-11(22)12-4-7-20(8-5-12)16-6-9-21(17(16)23)13-2-3-15(19)14(18)10-13/h2-3,10-12,16,22H,4-9H2,1H3. The lowest BCUT2D eigenvalue weighted by Gasteiger charge is -2.36. The average Bonchev–Trinajstić information content (AvgIpc) is 2.92. The van der Waals surface area contributed by atoms with Gasteiger partial charge in [-0.1, -0.05) is 11.6 Å². The third-order valence-electron chi connectivity index (χ3n) is 5.09. The lowest BCUT2D eigenvalue weighted by atomic mass is 9.91. The first-order chi connectivity index (χ1) is 11.0. The van der Waals surface area contributed by atoms with Crippen LogP contribution in [0.1, 0.15) is 26.2 Å². The SMILES string of the molecule is CC(O)C1CCN(C2CCN(c3ccc(F)c(Cl)c3)C2=O)CC1. The first kappa shape index (κ1) is 16.7.